The quantitative estimate of drug-likeness (QED) is 0.501. The van der Waals surface area contributed by atoms with E-state index in [2.05, 4.69) is 0 Å². The Bertz CT molecular complexity index is 1180. The van der Waals surface area contributed by atoms with Gasteiger partial charge < -0.3 is 9.80 Å². The van der Waals surface area contributed by atoms with E-state index in [1.807, 2.05) is 0 Å². The number of amides is 2. The summed E-state index contributed by atoms with van der Waals surface area (Å²) in [4.78, 5) is 38.1. The summed E-state index contributed by atoms with van der Waals surface area (Å²) in [7, 11) is -3.78. The van der Waals surface area contributed by atoms with Crippen LogP contribution >= 0.6 is 11.6 Å². The normalized spacial score (nSPS) is 14.4. The van der Waals surface area contributed by atoms with Gasteiger partial charge in [-0.2, -0.15) is 0 Å². The lowest BCUT2D eigenvalue weighted by molar-refractivity contribution is -0.385. The predicted octanol–water partition coefficient (Wildman–Crippen LogP) is 2.39. The van der Waals surface area contributed by atoms with E-state index >= 15 is 0 Å². The smallest absolute Gasteiger partial charge is 0.271 e. The minimum Gasteiger partial charge on any atom is -0.335 e. The van der Waals surface area contributed by atoms with Crippen molar-refractivity contribution in [1.29, 1.82) is 0 Å². The Kier molecular flexibility index (Phi) is 6.27. The Labute approximate surface area is 182 Å². The lowest BCUT2D eigenvalue weighted by atomic mass is 10.1. The maximum atomic E-state index is 14.0. The van der Waals surface area contributed by atoms with Gasteiger partial charge in [-0.05, 0) is 24.3 Å². The number of nitro benzene ring substituents is 1. The molecular formula is C19H17ClFN3O6S. The first kappa shape index (κ1) is 22.6. The number of halogens is 2. The fourth-order valence-electron chi connectivity index (χ4n) is 3.15. The van der Waals surface area contributed by atoms with Gasteiger partial charge in [-0.3, -0.25) is 19.7 Å². The van der Waals surface area contributed by atoms with Gasteiger partial charge in [0.15, 0.2) is 9.84 Å². The van der Waals surface area contributed by atoms with E-state index in [-0.39, 0.29) is 47.2 Å². The van der Waals surface area contributed by atoms with E-state index in [4.69, 9.17) is 11.6 Å². The summed E-state index contributed by atoms with van der Waals surface area (Å²) in [5.74, 6) is -1.88. The molecule has 164 valence electrons. The zero-order chi connectivity index (χ0) is 22.9. The van der Waals surface area contributed by atoms with Gasteiger partial charge in [0.25, 0.3) is 17.5 Å². The summed E-state index contributed by atoms with van der Waals surface area (Å²) in [6, 6.07) is 6.64. The van der Waals surface area contributed by atoms with Crippen LogP contribution in [0.15, 0.2) is 41.3 Å². The topological polar surface area (TPSA) is 118 Å². The van der Waals surface area contributed by atoms with Crippen molar-refractivity contribution >= 4 is 38.9 Å². The molecule has 0 saturated carbocycles. The molecule has 2 aromatic carbocycles. The van der Waals surface area contributed by atoms with Gasteiger partial charge in [0, 0.05) is 55.2 Å². The molecule has 2 amide bonds. The molecule has 3 rings (SSSR count). The average Bonchev–Trinajstić information content (AvgIpc) is 2.73. The molecule has 0 spiro atoms. The van der Waals surface area contributed by atoms with E-state index in [1.54, 1.807) is 0 Å². The molecule has 2 aromatic rings. The SMILES string of the molecule is CS(=O)(=O)c1cc(C(=O)N2CCN(C(=O)c3cc(Cl)ccc3F)CC2)cc([N+](=O)[O-])c1. The number of hydrogen-bond donors (Lipinski definition) is 0. The third kappa shape index (κ3) is 5.00. The van der Waals surface area contributed by atoms with Crippen molar-refractivity contribution in [3.05, 3.63) is 68.5 Å². The largest absolute Gasteiger partial charge is 0.335 e. The minimum atomic E-state index is -3.78. The van der Waals surface area contributed by atoms with Gasteiger partial charge >= 0.3 is 0 Å². The van der Waals surface area contributed by atoms with Crippen molar-refractivity contribution in [1.82, 2.24) is 9.80 Å². The highest BCUT2D eigenvalue weighted by Crippen LogP contribution is 2.23. The molecule has 12 heteroatoms. The van der Waals surface area contributed by atoms with Gasteiger partial charge in [-0.15, -0.1) is 0 Å². The van der Waals surface area contributed by atoms with Crippen molar-refractivity contribution < 1.29 is 27.3 Å². The number of carbonyl (C=O) groups is 2. The van der Waals surface area contributed by atoms with Crippen molar-refractivity contribution in [2.45, 2.75) is 4.90 Å². The number of sulfone groups is 1. The molecule has 1 heterocycles. The van der Waals surface area contributed by atoms with E-state index < -0.39 is 38.1 Å². The van der Waals surface area contributed by atoms with Crippen molar-refractivity contribution in [2.24, 2.45) is 0 Å². The van der Waals surface area contributed by atoms with E-state index in [9.17, 15) is 32.5 Å². The first-order valence-corrected chi connectivity index (χ1v) is 11.3. The van der Waals surface area contributed by atoms with Crippen molar-refractivity contribution in [3.63, 3.8) is 0 Å². The van der Waals surface area contributed by atoms with Crippen LogP contribution in [-0.2, 0) is 9.84 Å². The molecule has 31 heavy (non-hydrogen) atoms. The second kappa shape index (κ2) is 8.60. The summed E-state index contributed by atoms with van der Waals surface area (Å²) in [6.45, 7) is 0.377. The Morgan fingerprint density at radius 1 is 1.03 bits per heavy atom. The number of carbonyl (C=O) groups excluding carboxylic acids is 2. The van der Waals surface area contributed by atoms with Gasteiger partial charge in [0.1, 0.15) is 5.82 Å². The van der Waals surface area contributed by atoms with E-state index in [0.29, 0.717) is 0 Å². The number of nitro groups is 1. The van der Waals surface area contributed by atoms with Crippen molar-refractivity contribution in [3.8, 4) is 0 Å². The highest BCUT2D eigenvalue weighted by Gasteiger charge is 2.28. The predicted molar refractivity (Wildman–Crippen MR) is 109 cm³/mol. The monoisotopic (exact) mass is 469 g/mol. The molecule has 1 aliphatic rings. The molecule has 9 nitrogen and oxygen atoms in total. The van der Waals surface area contributed by atoms with Crippen LogP contribution in [0.2, 0.25) is 5.02 Å². The maximum absolute atomic E-state index is 14.0. The zero-order valence-electron chi connectivity index (χ0n) is 16.2. The Hall–Kier alpha value is -3.05. The van der Waals surface area contributed by atoms with Crippen LogP contribution < -0.4 is 0 Å². The molecule has 0 unspecified atom stereocenters. The van der Waals surface area contributed by atoms with E-state index in [1.165, 1.54) is 21.9 Å². The number of hydrogen-bond acceptors (Lipinski definition) is 6. The first-order chi connectivity index (χ1) is 14.5. The molecule has 0 N–H and O–H groups in total. The van der Waals surface area contributed by atoms with Crippen LogP contribution in [0, 0.1) is 15.9 Å². The number of piperazine rings is 1. The van der Waals surface area contributed by atoms with Crippen LogP contribution in [0.25, 0.3) is 0 Å². The first-order valence-electron chi connectivity index (χ1n) is 9.00. The number of benzene rings is 2. The number of rotatable bonds is 4. The van der Waals surface area contributed by atoms with E-state index in [0.717, 1.165) is 30.5 Å². The molecule has 0 atom stereocenters. The fraction of sp³-hybridized carbons (Fsp3) is 0.263. The lowest BCUT2D eigenvalue weighted by Crippen LogP contribution is -2.50. The number of non-ortho nitro benzene ring substituents is 1. The summed E-state index contributed by atoms with van der Waals surface area (Å²) in [5.41, 5.74) is -0.837. The Balaban J connectivity index is 1.77. The third-order valence-electron chi connectivity index (χ3n) is 4.79. The molecule has 0 bridgehead atoms. The molecule has 1 saturated heterocycles. The minimum absolute atomic E-state index is 0.0870. The molecule has 0 radical (unpaired) electrons. The Morgan fingerprint density at radius 3 is 2.16 bits per heavy atom. The summed E-state index contributed by atoms with van der Waals surface area (Å²) in [5, 5.41) is 11.4. The molecular weight excluding hydrogens is 453 g/mol. The van der Waals surface area contributed by atoms with Gasteiger partial charge in [0.2, 0.25) is 0 Å². The molecule has 1 fully saturated rings. The average molecular weight is 470 g/mol. The van der Waals surface area contributed by atoms with Crippen LogP contribution in [0.5, 0.6) is 0 Å². The van der Waals surface area contributed by atoms with Gasteiger partial charge in [0.05, 0.1) is 15.4 Å². The second-order valence-electron chi connectivity index (χ2n) is 6.95. The van der Waals surface area contributed by atoms with Crippen LogP contribution in [0.1, 0.15) is 20.7 Å². The third-order valence-corrected chi connectivity index (χ3v) is 6.12. The van der Waals surface area contributed by atoms with Gasteiger partial charge in [-0.1, -0.05) is 11.6 Å². The highest BCUT2D eigenvalue weighted by atomic mass is 35.5. The standard InChI is InChI=1S/C19H17ClFN3O6S/c1-31(29,30)15-9-12(8-14(11-15)24(27)28)18(25)22-4-6-23(7-5-22)19(26)16-10-13(20)2-3-17(16)21/h2-3,8-11H,4-7H2,1H3. The zero-order valence-corrected chi connectivity index (χ0v) is 17.8. The lowest BCUT2D eigenvalue weighted by Gasteiger charge is -2.35. The molecule has 1 aliphatic heterocycles. The van der Waals surface area contributed by atoms with Crippen molar-refractivity contribution in [2.75, 3.05) is 32.4 Å². The fourth-order valence-corrected chi connectivity index (χ4v) is 4.00. The van der Waals surface area contributed by atoms with Crippen LogP contribution in [-0.4, -0.2) is 67.4 Å². The van der Waals surface area contributed by atoms with Gasteiger partial charge in [-0.25, -0.2) is 12.8 Å². The Morgan fingerprint density at radius 2 is 1.61 bits per heavy atom. The molecule has 0 aromatic heterocycles. The second-order valence-corrected chi connectivity index (χ2v) is 9.41. The summed E-state index contributed by atoms with van der Waals surface area (Å²) >= 11 is 5.83. The summed E-state index contributed by atoms with van der Waals surface area (Å²) in [6.07, 6.45) is 0.889. The van der Waals surface area contributed by atoms with Crippen LogP contribution in [0.4, 0.5) is 10.1 Å². The maximum Gasteiger partial charge on any atom is 0.271 e. The highest BCUT2D eigenvalue weighted by molar-refractivity contribution is 7.90. The number of nitrogens with zero attached hydrogens (tertiary/aromatic N) is 3. The molecule has 0 aliphatic carbocycles. The van der Waals surface area contributed by atoms with Crippen LogP contribution in [0.3, 0.4) is 0 Å². The summed E-state index contributed by atoms with van der Waals surface area (Å²) < 4.78 is 37.6.